The molecule has 0 unspecified atom stereocenters. The fourth-order valence-corrected chi connectivity index (χ4v) is 3.33. The first-order chi connectivity index (χ1) is 10.3. The van der Waals surface area contributed by atoms with E-state index >= 15 is 0 Å². The molecular weight excluding hydrogens is 314 g/mol. The van der Waals surface area contributed by atoms with E-state index in [0.717, 1.165) is 12.1 Å². The van der Waals surface area contributed by atoms with Crippen LogP contribution in [-0.2, 0) is 10.0 Å². The molecule has 1 aliphatic rings. The van der Waals surface area contributed by atoms with Crippen molar-refractivity contribution < 1.29 is 22.0 Å². The maximum Gasteiger partial charge on any atom is 0.254 e. The van der Waals surface area contributed by atoms with Gasteiger partial charge in [-0.3, -0.25) is 4.79 Å². The SMILES string of the molecule is CS(=O)(=O)N1CCC(CNC(=O)c2ccc(F)cc2F)CC1. The summed E-state index contributed by atoms with van der Waals surface area (Å²) in [6.45, 7) is 1.18. The first kappa shape index (κ1) is 16.8. The molecule has 1 N–H and O–H groups in total. The average Bonchev–Trinajstić information content (AvgIpc) is 2.44. The number of benzene rings is 1. The van der Waals surface area contributed by atoms with Crippen molar-refractivity contribution in [2.24, 2.45) is 5.92 Å². The minimum Gasteiger partial charge on any atom is -0.352 e. The van der Waals surface area contributed by atoms with Crippen molar-refractivity contribution in [3.05, 3.63) is 35.4 Å². The summed E-state index contributed by atoms with van der Waals surface area (Å²) in [6.07, 6.45) is 2.45. The second-order valence-electron chi connectivity index (χ2n) is 5.44. The number of sulfonamides is 1. The van der Waals surface area contributed by atoms with E-state index in [4.69, 9.17) is 0 Å². The predicted molar refractivity (Wildman–Crippen MR) is 77.8 cm³/mol. The van der Waals surface area contributed by atoms with Crippen LogP contribution in [0, 0.1) is 17.6 Å². The Morgan fingerprint density at radius 2 is 1.95 bits per heavy atom. The molecule has 0 radical (unpaired) electrons. The molecule has 1 fully saturated rings. The summed E-state index contributed by atoms with van der Waals surface area (Å²) < 4.78 is 50.5. The number of hydrogen-bond donors (Lipinski definition) is 1. The Hall–Kier alpha value is -1.54. The van der Waals surface area contributed by atoms with Crippen LogP contribution in [0.2, 0.25) is 0 Å². The van der Waals surface area contributed by atoms with Gasteiger partial charge in [-0.25, -0.2) is 21.5 Å². The molecule has 1 aliphatic heterocycles. The number of carbonyl (C=O) groups excluding carboxylic acids is 1. The van der Waals surface area contributed by atoms with E-state index in [0.29, 0.717) is 38.5 Å². The Morgan fingerprint density at radius 1 is 1.32 bits per heavy atom. The van der Waals surface area contributed by atoms with Gasteiger partial charge < -0.3 is 5.32 Å². The molecule has 1 heterocycles. The van der Waals surface area contributed by atoms with Crippen LogP contribution in [0.15, 0.2) is 18.2 Å². The number of piperidine rings is 1. The van der Waals surface area contributed by atoms with Crippen LogP contribution in [0.4, 0.5) is 8.78 Å². The summed E-state index contributed by atoms with van der Waals surface area (Å²) >= 11 is 0. The minimum atomic E-state index is -3.17. The van der Waals surface area contributed by atoms with Gasteiger partial charge in [-0.05, 0) is 30.9 Å². The zero-order valence-electron chi connectivity index (χ0n) is 12.2. The molecule has 1 saturated heterocycles. The van der Waals surface area contributed by atoms with Crippen molar-refractivity contribution in [1.29, 1.82) is 0 Å². The molecule has 2 rings (SSSR count). The highest BCUT2D eigenvalue weighted by atomic mass is 32.2. The van der Waals surface area contributed by atoms with Crippen molar-refractivity contribution in [3.63, 3.8) is 0 Å². The summed E-state index contributed by atoms with van der Waals surface area (Å²) in [5.41, 5.74) is -0.199. The van der Waals surface area contributed by atoms with E-state index in [2.05, 4.69) is 5.32 Å². The maximum absolute atomic E-state index is 13.5. The topological polar surface area (TPSA) is 66.5 Å². The lowest BCUT2D eigenvalue weighted by molar-refractivity contribution is 0.0937. The van der Waals surface area contributed by atoms with Crippen molar-refractivity contribution in [2.75, 3.05) is 25.9 Å². The second-order valence-corrected chi connectivity index (χ2v) is 7.42. The van der Waals surface area contributed by atoms with Crippen LogP contribution in [0.3, 0.4) is 0 Å². The molecule has 8 heteroatoms. The van der Waals surface area contributed by atoms with Gasteiger partial charge >= 0.3 is 0 Å². The van der Waals surface area contributed by atoms with Gasteiger partial charge in [-0.2, -0.15) is 0 Å². The monoisotopic (exact) mass is 332 g/mol. The van der Waals surface area contributed by atoms with Crippen molar-refractivity contribution in [1.82, 2.24) is 9.62 Å². The van der Waals surface area contributed by atoms with Crippen LogP contribution in [0.5, 0.6) is 0 Å². The highest BCUT2D eigenvalue weighted by Crippen LogP contribution is 2.18. The van der Waals surface area contributed by atoms with E-state index in [9.17, 15) is 22.0 Å². The summed E-state index contributed by atoms with van der Waals surface area (Å²) in [5, 5.41) is 2.61. The smallest absolute Gasteiger partial charge is 0.254 e. The van der Waals surface area contributed by atoms with E-state index in [1.54, 1.807) is 0 Å². The van der Waals surface area contributed by atoms with Gasteiger partial charge in [-0.1, -0.05) is 0 Å². The molecule has 0 bridgehead atoms. The second kappa shape index (κ2) is 6.70. The summed E-state index contributed by atoms with van der Waals surface area (Å²) in [7, 11) is -3.17. The number of nitrogens with one attached hydrogen (secondary N) is 1. The van der Waals surface area contributed by atoms with Crippen molar-refractivity contribution >= 4 is 15.9 Å². The van der Waals surface area contributed by atoms with Gasteiger partial charge in [0.1, 0.15) is 11.6 Å². The molecule has 0 saturated carbocycles. The molecule has 5 nitrogen and oxygen atoms in total. The quantitative estimate of drug-likeness (QED) is 0.905. The van der Waals surface area contributed by atoms with Gasteiger partial charge in [0, 0.05) is 25.7 Å². The zero-order valence-corrected chi connectivity index (χ0v) is 13.0. The lowest BCUT2D eigenvalue weighted by Crippen LogP contribution is -2.41. The third kappa shape index (κ3) is 4.23. The van der Waals surface area contributed by atoms with Crippen LogP contribution in [0.25, 0.3) is 0 Å². The molecule has 0 aromatic heterocycles. The molecule has 0 atom stereocenters. The number of amides is 1. The summed E-state index contributed by atoms with van der Waals surface area (Å²) in [6, 6.07) is 2.80. The predicted octanol–water partition coefficient (Wildman–Crippen LogP) is 1.37. The minimum absolute atomic E-state index is 0.144. The maximum atomic E-state index is 13.5. The summed E-state index contributed by atoms with van der Waals surface area (Å²) in [5.74, 6) is -2.08. The molecule has 1 amide bonds. The van der Waals surface area contributed by atoms with Gasteiger partial charge in [0.15, 0.2) is 0 Å². The molecule has 22 heavy (non-hydrogen) atoms. The molecular formula is C14H18F2N2O3S. The van der Waals surface area contributed by atoms with E-state index in [1.807, 2.05) is 0 Å². The number of carbonyl (C=O) groups is 1. The van der Waals surface area contributed by atoms with Crippen LogP contribution in [0.1, 0.15) is 23.2 Å². The van der Waals surface area contributed by atoms with E-state index in [1.165, 1.54) is 10.6 Å². The summed E-state index contributed by atoms with van der Waals surface area (Å²) in [4.78, 5) is 11.9. The van der Waals surface area contributed by atoms with Gasteiger partial charge in [0.2, 0.25) is 10.0 Å². The van der Waals surface area contributed by atoms with Crippen molar-refractivity contribution in [3.8, 4) is 0 Å². The standard InChI is InChI=1S/C14H18F2N2O3S/c1-22(20,21)18-6-4-10(5-7-18)9-17-14(19)12-3-2-11(15)8-13(12)16/h2-3,8,10H,4-7,9H2,1H3,(H,17,19). The first-order valence-electron chi connectivity index (χ1n) is 6.96. The Morgan fingerprint density at radius 3 is 2.50 bits per heavy atom. The molecule has 122 valence electrons. The fourth-order valence-electron chi connectivity index (χ4n) is 2.45. The lowest BCUT2D eigenvalue weighted by Gasteiger charge is -2.30. The molecule has 0 aliphatic carbocycles. The van der Waals surface area contributed by atoms with Crippen LogP contribution >= 0.6 is 0 Å². The Kier molecular flexibility index (Phi) is 5.12. The molecule has 1 aromatic carbocycles. The number of halogens is 2. The first-order valence-corrected chi connectivity index (χ1v) is 8.80. The largest absolute Gasteiger partial charge is 0.352 e. The number of hydrogen-bond acceptors (Lipinski definition) is 3. The highest BCUT2D eigenvalue weighted by molar-refractivity contribution is 7.88. The average molecular weight is 332 g/mol. The van der Waals surface area contributed by atoms with Gasteiger partial charge in [0.25, 0.3) is 5.91 Å². The number of nitrogens with zero attached hydrogens (tertiary/aromatic N) is 1. The van der Waals surface area contributed by atoms with Crippen molar-refractivity contribution in [2.45, 2.75) is 12.8 Å². The van der Waals surface area contributed by atoms with E-state index < -0.39 is 27.6 Å². The highest BCUT2D eigenvalue weighted by Gasteiger charge is 2.25. The van der Waals surface area contributed by atoms with Crippen LogP contribution < -0.4 is 5.32 Å². The Bertz CT molecular complexity index is 656. The molecule has 1 aromatic rings. The molecule has 0 spiro atoms. The number of rotatable bonds is 4. The third-order valence-corrected chi connectivity index (χ3v) is 5.07. The van der Waals surface area contributed by atoms with Crippen LogP contribution in [-0.4, -0.2) is 44.5 Å². The zero-order chi connectivity index (χ0) is 16.3. The van der Waals surface area contributed by atoms with Gasteiger partial charge in [0.05, 0.1) is 11.8 Å². The Balaban J connectivity index is 1.85. The normalized spacial score (nSPS) is 17.4. The lowest BCUT2D eigenvalue weighted by atomic mass is 9.98. The Labute approximate surface area is 128 Å². The fraction of sp³-hybridized carbons (Fsp3) is 0.500. The van der Waals surface area contributed by atoms with Gasteiger partial charge in [-0.15, -0.1) is 0 Å². The van der Waals surface area contributed by atoms with E-state index in [-0.39, 0.29) is 11.5 Å². The third-order valence-electron chi connectivity index (χ3n) is 3.77.